The summed E-state index contributed by atoms with van der Waals surface area (Å²) in [7, 11) is 0. The second-order valence-electron chi connectivity index (χ2n) is 2.64. The van der Waals surface area contributed by atoms with Crippen molar-refractivity contribution in [2.45, 2.75) is 0 Å². The minimum Gasteiger partial charge on any atom is -0.253 e. The number of aromatic nitrogens is 4. The van der Waals surface area contributed by atoms with Crippen molar-refractivity contribution in [2.75, 3.05) is 0 Å². The van der Waals surface area contributed by atoms with Crippen molar-refractivity contribution in [3.05, 3.63) is 71.9 Å². The molecule has 0 fully saturated rings. The minimum absolute atomic E-state index is 1.58. The van der Waals surface area contributed by atoms with Crippen LogP contribution in [0.4, 0.5) is 0 Å². The van der Waals surface area contributed by atoms with E-state index >= 15 is 0 Å². The standard InChI is InChI=1S/C6H6.C3H3N3.C3H3NS/c2*1-2-4-6-5-3-1;1-2-5-3-4-1/h1-6H;1-3H;1-3H. The summed E-state index contributed by atoms with van der Waals surface area (Å²) in [6, 6.07) is 13.7. The van der Waals surface area contributed by atoms with E-state index in [1.54, 1.807) is 41.5 Å². The molecule has 0 N–H and O–H groups in total. The first-order valence-corrected chi connectivity index (χ1v) is 5.85. The quantitative estimate of drug-likeness (QED) is 0.610. The maximum atomic E-state index is 3.74. The van der Waals surface area contributed by atoms with Gasteiger partial charge in [-0.2, -0.15) is 0 Å². The minimum atomic E-state index is 1.58. The molecule has 0 atom stereocenters. The summed E-state index contributed by atoms with van der Waals surface area (Å²) in [5.74, 6) is 0. The maximum absolute atomic E-state index is 3.74. The highest BCUT2D eigenvalue weighted by molar-refractivity contribution is 7.07. The average Bonchev–Trinajstić information content (AvgIpc) is 3.03. The zero-order valence-corrected chi connectivity index (χ0v) is 9.94. The van der Waals surface area contributed by atoms with Crippen LogP contribution in [0.25, 0.3) is 0 Å². The largest absolute Gasteiger partial charge is 0.253 e. The maximum Gasteiger partial charge on any atom is 0.0791 e. The smallest absolute Gasteiger partial charge is 0.0791 e. The number of rotatable bonds is 0. The molecule has 0 amide bonds. The van der Waals surface area contributed by atoms with Crippen LogP contribution in [-0.2, 0) is 0 Å². The zero-order valence-electron chi connectivity index (χ0n) is 9.13. The van der Waals surface area contributed by atoms with Gasteiger partial charge >= 0.3 is 0 Å². The van der Waals surface area contributed by atoms with E-state index < -0.39 is 0 Å². The molecule has 2 heterocycles. The predicted octanol–water partition coefficient (Wildman–Crippen LogP) is 2.70. The van der Waals surface area contributed by atoms with Crippen molar-refractivity contribution in [3.8, 4) is 0 Å². The third kappa shape index (κ3) is 8.83. The molecule has 1 aromatic carbocycles. The predicted molar refractivity (Wildman–Crippen MR) is 68.4 cm³/mol. The summed E-state index contributed by atoms with van der Waals surface area (Å²) in [6.07, 6.45) is 4.92. The van der Waals surface area contributed by atoms with Crippen LogP contribution in [0.3, 0.4) is 0 Å². The van der Waals surface area contributed by atoms with Crippen molar-refractivity contribution >= 4 is 11.3 Å². The van der Waals surface area contributed by atoms with Gasteiger partial charge in [0.15, 0.2) is 0 Å². The van der Waals surface area contributed by atoms with Gasteiger partial charge in [-0.3, -0.25) is 4.98 Å². The Hall–Kier alpha value is -2.14. The summed E-state index contributed by atoms with van der Waals surface area (Å²) in [5.41, 5.74) is 1.79. The molecule has 0 bridgehead atoms. The number of hydrogen-bond donors (Lipinski definition) is 0. The lowest BCUT2D eigenvalue weighted by molar-refractivity contribution is 0.865. The molecule has 0 saturated carbocycles. The van der Waals surface area contributed by atoms with Crippen LogP contribution >= 0.6 is 11.3 Å². The molecule has 4 nitrogen and oxygen atoms in total. The van der Waals surface area contributed by atoms with E-state index in [1.807, 2.05) is 41.8 Å². The van der Waals surface area contributed by atoms with Crippen molar-refractivity contribution in [1.82, 2.24) is 20.4 Å². The Labute approximate surface area is 104 Å². The van der Waals surface area contributed by atoms with E-state index in [4.69, 9.17) is 0 Å². The lowest BCUT2D eigenvalue weighted by Gasteiger charge is -1.69. The van der Waals surface area contributed by atoms with E-state index in [1.165, 1.54) is 0 Å². The first-order valence-electron chi connectivity index (χ1n) is 4.90. The van der Waals surface area contributed by atoms with Crippen LogP contribution in [0.15, 0.2) is 71.9 Å². The van der Waals surface area contributed by atoms with Gasteiger partial charge in [0.2, 0.25) is 0 Å². The molecule has 0 spiro atoms. The lowest BCUT2D eigenvalue weighted by atomic mass is 10.4. The Morgan fingerprint density at radius 2 is 1.24 bits per heavy atom. The number of nitrogens with zero attached hydrogens (tertiary/aromatic N) is 4. The summed E-state index contributed by atoms with van der Waals surface area (Å²) in [5, 5.41) is 12.1. The van der Waals surface area contributed by atoms with Gasteiger partial charge < -0.3 is 0 Å². The third-order valence-electron chi connectivity index (χ3n) is 1.42. The molecular formula is C12H12N4S. The zero-order chi connectivity index (χ0) is 12.0. The van der Waals surface area contributed by atoms with Gasteiger partial charge in [-0.15, -0.1) is 21.5 Å². The molecule has 3 rings (SSSR count). The fraction of sp³-hybridized carbons (Fsp3) is 0. The van der Waals surface area contributed by atoms with Crippen molar-refractivity contribution in [1.29, 1.82) is 0 Å². The van der Waals surface area contributed by atoms with Crippen LogP contribution in [0, 0.1) is 0 Å². The first kappa shape index (κ1) is 12.9. The molecule has 5 heteroatoms. The van der Waals surface area contributed by atoms with Crippen LogP contribution in [0.5, 0.6) is 0 Å². The highest BCUT2D eigenvalue weighted by Gasteiger charge is 1.60. The van der Waals surface area contributed by atoms with Crippen LogP contribution in [-0.4, -0.2) is 20.4 Å². The third-order valence-corrected chi connectivity index (χ3v) is 1.94. The molecule has 86 valence electrons. The molecule has 0 aliphatic rings. The molecular weight excluding hydrogens is 232 g/mol. The van der Waals surface area contributed by atoms with E-state index in [0.29, 0.717) is 0 Å². The van der Waals surface area contributed by atoms with Gasteiger partial charge in [0.25, 0.3) is 0 Å². The highest BCUT2D eigenvalue weighted by Crippen LogP contribution is 1.85. The lowest BCUT2D eigenvalue weighted by Crippen LogP contribution is -1.78. The first-order chi connectivity index (χ1) is 8.50. The topological polar surface area (TPSA) is 51.6 Å². The van der Waals surface area contributed by atoms with E-state index in [2.05, 4.69) is 20.4 Å². The Kier molecular flexibility index (Phi) is 7.89. The SMILES string of the molecule is c1ccccc1.c1cnnnc1.c1cscn1. The highest BCUT2D eigenvalue weighted by atomic mass is 32.1. The van der Waals surface area contributed by atoms with Gasteiger partial charge in [0, 0.05) is 11.6 Å². The monoisotopic (exact) mass is 244 g/mol. The van der Waals surface area contributed by atoms with Gasteiger partial charge in [-0.1, -0.05) is 36.4 Å². The van der Waals surface area contributed by atoms with Crippen molar-refractivity contribution < 1.29 is 0 Å². The fourth-order valence-corrected chi connectivity index (χ4v) is 1.12. The summed E-state index contributed by atoms with van der Waals surface area (Å²) in [4.78, 5) is 3.74. The Morgan fingerprint density at radius 1 is 0.647 bits per heavy atom. The van der Waals surface area contributed by atoms with Gasteiger partial charge in [0.1, 0.15) is 0 Å². The summed E-state index contributed by atoms with van der Waals surface area (Å²) < 4.78 is 0. The van der Waals surface area contributed by atoms with Gasteiger partial charge in [0.05, 0.1) is 17.9 Å². The van der Waals surface area contributed by atoms with Crippen LogP contribution < -0.4 is 0 Å². The molecule has 17 heavy (non-hydrogen) atoms. The van der Waals surface area contributed by atoms with Gasteiger partial charge in [-0.25, -0.2) is 0 Å². The number of hydrogen-bond acceptors (Lipinski definition) is 5. The second-order valence-corrected chi connectivity index (χ2v) is 3.40. The van der Waals surface area contributed by atoms with Crippen LogP contribution in [0.2, 0.25) is 0 Å². The molecule has 2 aromatic heterocycles. The summed E-state index contributed by atoms with van der Waals surface area (Å²) >= 11 is 1.60. The Bertz CT molecular complexity index is 328. The molecule has 0 aliphatic carbocycles. The summed E-state index contributed by atoms with van der Waals surface area (Å²) in [6.45, 7) is 0. The Balaban J connectivity index is 0.000000128. The van der Waals surface area contributed by atoms with E-state index in [0.717, 1.165) is 0 Å². The van der Waals surface area contributed by atoms with Crippen LogP contribution in [0.1, 0.15) is 0 Å². The second kappa shape index (κ2) is 10.4. The van der Waals surface area contributed by atoms with Crippen molar-refractivity contribution in [3.63, 3.8) is 0 Å². The normalized spacial score (nSPS) is 8.00. The average molecular weight is 244 g/mol. The molecule has 0 unspecified atom stereocenters. The van der Waals surface area contributed by atoms with Gasteiger partial charge in [-0.05, 0) is 11.3 Å². The Morgan fingerprint density at radius 3 is 1.41 bits per heavy atom. The van der Waals surface area contributed by atoms with E-state index in [9.17, 15) is 0 Å². The number of benzene rings is 1. The molecule has 0 aliphatic heterocycles. The fourth-order valence-electron chi connectivity index (χ4n) is 0.765. The number of thiazole rings is 1. The molecule has 3 aromatic rings. The molecule has 0 radical (unpaired) electrons. The van der Waals surface area contributed by atoms with E-state index in [-0.39, 0.29) is 0 Å². The molecule has 0 saturated heterocycles. The van der Waals surface area contributed by atoms with Crippen molar-refractivity contribution in [2.24, 2.45) is 0 Å².